The first-order valence-corrected chi connectivity index (χ1v) is 9.60. The zero-order chi connectivity index (χ0) is 18.8. The molecule has 0 fully saturated rings. The van der Waals surface area contributed by atoms with Crippen LogP contribution in [-0.4, -0.2) is 20.7 Å². The monoisotopic (exact) mass is 394 g/mol. The molecule has 2 N–H and O–H groups in total. The number of hydrogen-bond acceptors (Lipinski definition) is 5. The zero-order valence-electron chi connectivity index (χ0n) is 14.2. The van der Waals surface area contributed by atoms with Crippen LogP contribution in [0.1, 0.15) is 15.9 Å². The molecule has 0 saturated heterocycles. The summed E-state index contributed by atoms with van der Waals surface area (Å²) in [5, 5.41) is 7.28. The van der Waals surface area contributed by atoms with Crippen molar-refractivity contribution in [1.82, 2.24) is 14.8 Å². The number of carbonyl (C=O) groups excluding carboxylic acids is 1. The lowest BCUT2D eigenvalue weighted by Gasteiger charge is -2.05. The minimum atomic E-state index is -0.296. The van der Waals surface area contributed by atoms with Gasteiger partial charge < -0.3 is 5.73 Å². The smallest absolute Gasteiger partial charge is 0.282 e. The summed E-state index contributed by atoms with van der Waals surface area (Å²) in [6.07, 6.45) is 0. The molecular formula is C20H15ClN4OS. The molecule has 27 heavy (non-hydrogen) atoms. The van der Waals surface area contributed by atoms with Crippen molar-refractivity contribution in [2.24, 2.45) is 0 Å². The van der Waals surface area contributed by atoms with Crippen LogP contribution in [0.4, 0.5) is 5.95 Å². The Hall–Kier alpha value is -2.83. The summed E-state index contributed by atoms with van der Waals surface area (Å²) in [6.45, 7) is 0. The quantitative estimate of drug-likeness (QED) is 0.510. The number of aromatic nitrogens is 3. The van der Waals surface area contributed by atoms with Gasteiger partial charge in [-0.05, 0) is 34.5 Å². The molecule has 4 aromatic rings. The average molecular weight is 395 g/mol. The molecular weight excluding hydrogens is 380 g/mol. The van der Waals surface area contributed by atoms with E-state index in [1.54, 1.807) is 6.07 Å². The Kier molecular flexibility index (Phi) is 4.83. The Morgan fingerprint density at radius 3 is 2.59 bits per heavy atom. The molecule has 0 amide bonds. The van der Waals surface area contributed by atoms with Crippen molar-refractivity contribution in [3.8, 4) is 0 Å². The van der Waals surface area contributed by atoms with Crippen LogP contribution in [0.3, 0.4) is 0 Å². The Morgan fingerprint density at radius 1 is 1.04 bits per heavy atom. The maximum absolute atomic E-state index is 13.0. The summed E-state index contributed by atoms with van der Waals surface area (Å²) in [5.41, 5.74) is 7.57. The SMILES string of the molecule is Nc1nc(SCc2ccc(Cl)cc2)nn1C(=O)c1cccc2ccccc12. The van der Waals surface area contributed by atoms with Gasteiger partial charge in [-0.2, -0.15) is 9.67 Å². The lowest BCUT2D eigenvalue weighted by molar-refractivity contribution is 0.0948. The van der Waals surface area contributed by atoms with Crippen molar-refractivity contribution in [2.45, 2.75) is 10.9 Å². The molecule has 1 aromatic heterocycles. The lowest BCUT2D eigenvalue weighted by atomic mass is 10.0. The molecule has 0 bridgehead atoms. The number of nitrogen functional groups attached to an aromatic ring is 1. The van der Waals surface area contributed by atoms with Gasteiger partial charge in [-0.15, -0.1) is 5.10 Å². The summed E-state index contributed by atoms with van der Waals surface area (Å²) in [6, 6.07) is 20.8. The van der Waals surface area contributed by atoms with Gasteiger partial charge in [-0.1, -0.05) is 71.9 Å². The molecule has 0 unspecified atom stereocenters. The normalized spacial score (nSPS) is 11.0. The minimum absolute atomic E-state index is 0.0755. The van der Waals surface area contributed by atoms with Crippen LogP contribution >= 0.6 is 23.4 Å². The molecule has 0 aliphatic carbocycles. The molecule has 0 saturated carbocycles. The molecule has 0 aliphatic rings. The maximum Gasteiger partial charge on any atom is 0.282 e. The number of fused-ring (bicyclic) bond motifs is 1. The van der Waals surface area contributed by atoms with Crippen LogP contribution in [0.2, 0.25) is 5.02 Å². The summed E-state index contributed by atoms with van der Waals surface area (Å²) in [5.74, 6) is 0.435. The second-order valence-corrected chi connectivity index (χ2v) is 7.29. The first kappa shape index (κ1) is 17.6. The molecule has 0 aliphatic heterocycles. The first-order valence-electron chi connectivity index (χ1n) is 8.24. The minimum Gasteiger partial charge on any atom is -0.368 e. The molecule has 3 aromatic carbocycles. The van der Waals surface area contributed by atoms with Crippen LogP contribution in [0, 0.1) is 0 Å². The summed E-state index contributed by atoms with van der Waals surface area (Å²) in [7, 11) is 0. The van der Waals surface area contributed by atoms with E-state index in [2.05, 4.69) is 10.1 Å². The van der Waals surface area contributed by atoms with E-state index in [0.29, 0.717) is 21.5 Å². The highest BCUT2D eigenvalue weighted by Gasteiger charge is 2.18. The Balaban J connectivity index is 1.59. The highest BCUT2D eigenvalue weighted by molar-refractivity contribution is 7.98. The number of benzene rings is 3. The Morgan fingerprint density at radius 2 is 1.78 bits per heavy atom. The number of nitrogens with two attached hydrogens (primary N) is 1. The average Bonchev–Trinajstić information content (AvgIpc) is 3.07. The molecule has 4 rings (SSSR count). The van der Waals surface area contributed by atoms with Crippen LogP contribution < -0.4 is 5.73 Å². The van der Waals surface area contributed by atoms with E-state index in [9.17, 15) is 4.79 Å². The predicted octanol–water partition coefficient (Wildman–Crippen LogP) is 4.65. The number of nitrogens with zero attached hydrogens (tertiary/aromatic N) is 3. The first-order chi connectivity index (χ1) is 13.1. The fourth-order valence-corrected chi connectivity index (χ4v) is 3.68. The van der Waals surface area contributed by atoms with Gasteiger partial charge in [0.15, 0.2) is 0 Å². The van der Waals surface area contributed by atoms with Crippen molar-refractivity contribution in [1.29, 1.82) is 0 Å². The molecule has 0 radical (unpaired) electrons. The second kappa shape index (κ2) is 7.42. The van der Waals surface area contributed by atoms with Gasteiger partial charge in [0.05, 0.1) is 0 Å². The van der Waals surface area contributed by atoms with Gasteiger partial charge in [-0.3, -0.25) is 4.79 Å². The molecule has 5 nitrogen and oxygen atoms in total. The van der Waals surface area contributed by atoms with E-state index in [1.807, 2.05) is 60.7 Å². The summed E-state index contributed by atoms with van der Waals surface area (Å²) in [4.78, 5) is 17.2. The van der Waals surface area contributed by atoms with Gasteiger partial charge in [0.2, 0.25) is 11.1 Å². The van der Waals surface area contributed by atoms with E-state index in [4.69, 9.17) is 17.3 Å². The summed E-state index contributed by atoms with van der Waals surface area (Å²) >= 11 is 7.31. The van der Waals surface area contributed by atoms with Gasteiger partial charge >= 0.3 is 0 Å². The lowest BCUT2D eigenvalue weighted by Crippen LogP contribution is -2.16. The number of halogens is 1. The van der Waals surface area contributed by atoms with E-state index in [-0.39, 0.29) is 11.9 Å². The van der Waals surface area contributed by atoms with Crippen molar-refractivity contribution >= 4 is 46.0 Å². The third kappa shape index (κ3) is 3.67. The van der Waals surface area contributed by atoms with Crippen molar-refractivity contribution in [2.75, 3.05) is 5.73 Å². The van der Waals surface area contributed by atoms with Crippen molar-refractivity contribution in [3.05, 3.63) is 82.9 Å². The predicted molar refractivity (Wildman–Crippen MR) is 109 cm³/mol. The van der Waals surface area contributed by atoms with Gasteiger partial charge in [0.1, 0.15) is 0 Å². The van der Waals surface area contributed by atoms with Crippen molar-refractivity contribution < 1.29 is 4.79 Å². The standard InChI is InChI=1S/C20H15ClN4OS/c21-15-10-8-13(9-11-15)12-27-20-23-19(22)25(24-20)18(26)17-7-3-5-14-4-1-2-6-16(14)17/h1-11H,12H2,(H2,22,23,24). The molecule has 134 valence electrons. The van der Waals surface area contributed by atoms with Crippen LogP contribution in [-0.2, 0) is 5.75 Å². The van der Waals surface area contributed by atoms with Gasteiger partial charge in [0.25, 0.3) is 5.91 Å². The number of thioether (sulfide) groups is 1. The van der Waals surface area contributed by atoms with Crippen molar-refractivity contribution in [3.63, 3.8) is 0 Å². The third-order valence-electron chi connectivity index (χ3n) is 4.11. The fraction of sp³-hybridized carbons (Fsp3) is 0.0500. The van der Waals surface area contributed by atoms with E-state index >= 15 is 0 Å². The van der Waals surface area contributed by atoms with E-state index in [0.717, 1.165) is 21.0 Å². The maximum atomic E-state index is 13.0. The molecule has 0 spiro atoms. The van der Waals surface area contributed by atoms with E-state index in [1.165, 1.54) is 11.8 Å². The largest absolute Gasteiger partial charge is 0.368 e. The fourth-order valence-electron chi connectivity index (χ4n) is 2.77. The topological polar surface area (TPSA) is 73.8 Å². The molecule has 7 heteroatoms. The summed E-state index contributed by atoms with van der Waals surface area (Å²) < 4.78 is 1.16. The third-order valence-corrected chi connectivity index (χ3v) is 5.27. The second-order valence-electron chi connectivity index (χ2n) is 5.91. The Bertz CT molecular complexity index is 1120. The zero-order valence-corrected chi connectivity index (χ0v) is 15.7. The van der Waals surface area contributed by atoms with E-state index < -0.39 is 0 Å². The number of rotatable bonds is 4. The van der Waals surface area contributed by atoms with Crippen LogP contribution in [0.5, 0.6) is 0 Å². The number of carbonyl (C=O) groups is 1. The van der Waals surface area contributed by atoms with Crippen LogP contribution in [0.25, 0.3) is 10.8 Å². The highest BCUT2D eigenvalue weighted by atomic mass is 35.5. The number of hydrogen-bond donors (Lipinski definition) is 1. The highest BCUT2D eigenvalue weighted by Crippen LogP contribution is 2.24. The van der Waals surface area contributed by atoms with Gasteiger partial charge in [0, 0.05) is 16.3 Å². The molecule has 0 atom stereocenters. The molecule has 1 heterocycles. The number of anilines is 1. The Labute approximate surface area is 165 Å². The van der Waals surface area contributed by atoms with Crippen LogP contribution in [0.15, 0.2) is 71.9 Å². The van der Waals surface area contributed by atoms with Gasteiger partial charge in [-0.25, -0.2) is 0 Å².